The molecule has 0 radical (unpaired) electrons. The van der Waals surface area contributed by atoms with E-state index in [1.807, 2.05) is 12.1 Å². The van der Waals surface area contributed by atoms with Crippen LogP contribution in [0.25, 0.3) is 0 Å². The Labute approximate surface area is 144 Å². The lowest BCUT2D eigenvalue weighted by Crippen LogP contribution is -2.45. The average Bonchev–Trinajstić information content (AvgIpc) is 3.27. The van der Waals surface area contributed by atoms with Gasteiger partial charge in [-0.2, -0.15) is 0 Å². The first-order valence-corrected chi connectivity index (χ1v) is 8.87. The van der Waals surface area contributed by atoms with Crippen molar-refractivity contribution in [1.29, 1.82) is 0 Å². The van der Waals surface area contributed by atoms with Crippen molar-refractivity contribution in [2.45, 2.75) is 50.1 Å². The van der Waals surface area contributed by atoms with Crippen molar-refractivity contribution in [3.63, 3.8) is 0 Å². The molecule has 2 aliphatic carbocycles. The Hall–Kier alpha value is -1.56. The van der Waals surface area contributed by atoms with Crippen molar-refractivity contribution < 1.29 is 14.7 Å². The minimum absolute atomic E-state index is 0.0930. The van der Waals surface area contributed by atoms with Gasteiger partial charge in [0.1, 0.15) is 0 Å². The van der Waals surface area contributed by atoms with E-state index in [-0.39, 0.29) is 24.0 Å². The minimum Gasteiger partial charge on any atom is -0.481 e. The lowest BCUT2D eigenvalue weighted by atomic mass is 9.86. The molecule has 5 nitrogen and oxygen atoms in total. The van der Waals surface area contributed by atoms with Gasteiger partial charge in [0.15, 0.2) is 0 Å². The van der Waals surface area contributed by atoms with Crippen LogP contribution in [0.15, 0.2) is 28.7 Å². The SMILES string of the molecule is O=C(NC1CCC(C(=O)O)CC1)N[C@@H]1C[C@H]1c1ccc(Br)cc1. The van der Waals surface area contributed by atoms with Crippen LogP contribution in [0.4, 0.5) is 4.79 Å². The lowest BCUT2D eigenvalue weighted by molar-refractivity contribution is -0.142. The second kappa shape index (κ2) is 6.91. The van der Waals surface area contributed by atoms with Gasteiger partial charge in [0, 0.05) is 22.5 Å². The first-order chi connectivity index (χ1) is 11.0. The molecule has 124 valence electrons. The van der Waals surface area contributed by atoms with E-state index in [0.717, 1.165) is 23.7 Å². The summed E-state index contributed by atoms with van der Waals surface area (Å²) in [4.78, 5) is 23.0. The van der Waals surface area contributed by atoms with E-state index in [2.05, 4.69) is 38.7 Å². The number of nitrogens with one attached hydrogen (secondary N) is 2. The molecule has 0 spiro atoms. The van der Waals surface area contributed by atoms with Crippen LogP contribution in [0.5, 0.6) is 0 Å². The van der Waals surface area contributed by atoms with E-state index >= 15 is 0 Å². The largest absolute Gasteiger partial charge is 0.481 e. The monoisotopic (exact) mass is 380 g/mol. The van der Waals surface area contributed by atoms with Crippen LogP contribution in [0.1, 0.15) is 43.6 Å². The molecule has 0 bridgehead atoms. The average molecular weight is 381 g/mol. The Morgan fingerprint density at radius 2 is 1.70 bits per heavy atom. The van der Waals surface area contributed by atoms with Crippen LogP contribution in [0.3, 0.4) is 0 Å². The number of aliphatic carboxylic acids is 1. The zero-order valence-electron chi connectivity index (χ0n) is 12.8. The third-order valence-electron chi connectivity index (χ3n) is 4.82. The van der Waals surface area contributed by atoms with Crippen LogP contribution in [-0.2, 0) is 4.79 Å². The summed E-state index contributed by atoms with van der Waals surface area (Å²) >= 11 is 3.42. The van der Waals surface area contributed by atoms with Crippen LogP contribution in [-0.4, -0.2) is 29.2 Å². The Kier molecular flexibility index (Phi) is 4.90. The van der Waals surface area contributed by atoms with Crippen LogP contribution >= 0.6 is 15.9 Å². The van der Waals surface area contributed by atoms with E-state index in [1.165, 1.54) is 5.56 Å². The van der Waals surface area contributed by atoms with E-state index in [4.69, 9.17) is 5.11 Å². The van der Waals surface area contributed by atoms with Gasteiger partial charge in [-0.05, 0) is 49.8 Å². The van der Waals surface area contributed by atoms with Crippen molar-refractivity contribution in [1.82, 2.24) is 10.6 Å². The molecule has 2 saturated carbocycles. The molecule has 3 rings (SSSR count). The van der Waals surface area contributed by atoms with Gasteiger partial charge >= 0.3 is 12.0 Å². The number of urea groups is 1. The number of hydrogen-bond donors (Lipinski definition) is 3. The molecule has 1 aromatic rings. The van der Waals surface area contributed by atoms with Gasteiger partial charge in [0.25, 0.3) is 0 Å². The Balaban J connectivity index is 1.41. The van der Waals surface area contributed by atoms with E-state index in [0.29, 0.717) is 18.8 Å². The maximum atomic E-state index is 12.1. The van der Waals surface area contributed by atoms with Gasteiger partial charge in [0.05, 0.1) is 5.92 Å². The number of carboxylic acid groups (broad SMARTS) is 1. The van der Waals surface area contributed by atoms with Crippen molar-refractivity contribution in [2.75, 3.05) is 0 Å². The molecule has 0 heterocycles. The van der Waals surface area contributed by atoms with Gasteiger partial charge < -0.3 is 15.7 Å². The fourth-order valence-corrected chi connectivity index (χ4v) is 3.58. The third-order valence-corrected chi connectivity index (χ3v) is 5.35. The molecule has 0 unspecified atom stereocenters. The van der Waals surface area contributed by atoms with Crippen molar-refractivity contribution in [3.8, 4) is 0 Å². The third kappa shape index (κ3) is 4.25. The summed E-state index contributed by atoms with van der Waals surface area (Å²) in [6.07, 6.45) is 3.74. The molecule has 6 heteroatoms. The number of carboxylic acids is 1. The normalized spacial score (nSPS) is 29.6. The molecular weight excluding hydrogens is 360 g/mol. The predicted octanol–water partition coefficient (Wildman–Crippen LogP) is 3.25. The number of carbonyl (C=O) groups excluding carboxylic acids is 1. The molecule has 2 amide bonds. The topological polar surface area (TPSA) is 78.4 Å². The molecule has 2 atom stereocenters. The maximum absolute atomic E-state index is 12.1. The first-order valence-electron chi connectivity index (χ1n) is 8.08. The van der Waals surface area contributed by atoms with Crippen molar-refractivity contribution in [2.24, 2.45) is 5.92 Å². The highest BCUT2D eigenvalue weighted by Crippen LogP contribution is 2.41. The quantitative estimate of drug-likeness (QED) is 0.749. The maximum Gasteiger partial charge on any atom is 0.315 e. The number of hydrogen-bond acceptors (Lipinski definition) is 2. The van der Waals surface area contributed by atoms with Crippen molar-refractivity contribution in [3.05, 3.63) is 34.3 Å². The second-order valence-corrected chi connectivity index (χ2v) is 7.42. The summed E-state index contributed by atoms with van der Waals surface area (Å²) in [6, 6.07) is 8.37. The molecule has 0 saturated heterocycles. The molecule has 0 aromatic heterocycles. The molecule has 3 N–H and O–H groups in total. The highest BCUT2D eigenvalue weighted by atomic mass is 79.9. The van der Waals surface area contributed by atoms with Gasteiger partial charge in [-0.25, -0.2) is 4.79 Å². The molecule has 0 aliphatic heterocycles. The summed E-state index contributed by atoms with van der Waals surface area (Å²) in [6.45, 7) is 0. The molecular formula is C17H21BrN2O3. The molecule has 23 heavy (non-hydrogen) atoms. The summed E-state index contributed by atoms with van der Waals surface area (Å²) in [5, 5.41) is 15.0. The Bertz CT molecular complexity index is 582. The highest BCUT2D eigenvalue weighted by Gasteiger charge is 2.39. The number of amides is 2. The van der Waals surface area contributed by atoms with Gasteiger partial charge in [0.2, 0.25) is 0 Å². The van der Waals surface area contributed by atoms with Gasteiger partial charge in [-0.1, -0.05) is 28.1 Å². The molecule has 1 aromatic carbocycles. The zero-order chi connectivity index (χ0) is 16.4. The van der Waals surface area contributed by atoms with Gasteiger partial charge in [-0.15, -0.1) is 0 Å². The van der Waals surface area contributed by atoms with Gasteiger partial charge in [-0.3, -0.25) is 4.79 Å². The smallest absolute Gasteiger partial charge is 0.315 e. The summed E-state index contributed by atoms with van der Waals surface area (Å²) in [5.41, 5.74) is 1.25. The fraction of sp³-hybridized carbons (Fsp3) is 0.529. The Morgan fingerprint density at radius 1 is 1.04 bits per heavy atom. The predicted molar refractivity (Wildman–Crippen MR) is 90.3 cm³/mol. The second-order valence-electron chi connectivity index (χ2n) is 6.50. The Morgan fingerprint density at radius 3 is 2.30 bits per heavy atom. The van der Waals surface area contributed by atoms with Crippen molar-refractivity contribution >= 4 is 27.9 Å². The number of benzene rings is 1. The fourth-order valence-electron chi connectivity index (χ4n) is 3.31. The zero-order valence-corrected chi connectivity index (χ0v) is 14.4. The lowest BCUT2D eigenvalue weighted by Gasteiger charge is -2.26. The first kappa shape index (κ1) is 16.3. The summed E-state index contributed by atoms with van der Waals surface area (Å²) in [5.74, 6) is -0.568. The van der Waals surface area contributed by atoms with E-state index in [1.54, 1.807) is 0 Å². The van der Waals surface area contributed by atoms with Crippen LogP contribution in [0, 0.1) is 5.92 Å². The van der Waals surface area contributed by atoms with E-state index in [9.17, 15) is 9.59 Å². The summed E-state index contributed by atoms with van der Waals surface area (Å²) < 4.78 is 1.06. The van der Waals surface area contributed by atoms with Crippen LogP contribution < -0.4 is 10.6 Å². The highest BCUT2D eigenvalue weighted by molar-refractivity contribution is 9.10. The standard InChI is InChI=1S/C17H21BrN2O3/c18-12-5-1-10(2-6-12)14-9-15(14)20-17(23)19-13-7-3-11(4-8-13)16(21)22/h1-2,5-6,11,13-15H,3-4,7-9H2,(H,21,22)(H2,19,20,23)/t11?,13?,14-,15+/m0/s1. The number of rotatable bonds is 4. The summed E-state index contributed by atoms with van der Waals surface area (Å²) in [7, 11) is 0. The molecule has 2 fully saturated rings. The van der Waals surface area contributed by atoms with Crippen LogP contribution in [0.2, 0.25) is 0 Å². The minimum atomic E-state index is -0.719. The van der Waals surface area contributed by atoms with E-state index < -0.39 is 5.97 Å². The number of carbonyl (C=O) groups is 2. The number of halogens is 1. The molecule has 2 aliphatic rings.